The first kappa shape index (κ1) is 13.6. The second-order valence-corrected chi connectivity index (χ2v) is 2.89. The number of halogens is 3. The van der Waals surface area contributed by atoms with Crippen LogP contribution >= 0.6 is 0 Å². The molecular weight excluding hydrogens is 213 g/mol. The van der Waals surface area contributed by atoms with Crippen molar-refractivity contribution in [3.05, 3.63) is 12.4 Å². The monoisotopic (exact) mass is 225 g/mol. The maximum Gasteiger partial charge on any atom is 0.430 e. The Labute approximate surface area is 85.6 Å². The summed E-state index contributed by atoms with van der Waals surface area (Å²) in [7, 11) is 2.08. The van der Waals surface area contributed by atoms with E-state index in [1.54, 1.807) is 0 Å². The number of aliphatic carboxylic acids is 1. The van der Waals surface area contributed by atoms with E-state index in [-0.39, 0.29) is 0 Å². The quantitative estimate of drug-likeness (QED) is 0.629. The van der Waals surface area contributed by atoms with Crippen molar-refractivity contribution < 1.29 is 23.1 Å². The minimum absolute atomic E-state index is 1.05. The lowest BCUT2D eigenvalue weighted by atomic mass is 10.6. The zero-order valence-corrected chi connectivity index (χ0v) is 8.41. The highest BCUT2D eigenvalue weighted by Crippen LogP contribution is 2.11. The highest BCUT2D eigenvalue weighted by atomic mass is 19.4. The fourth-order valence-corrected chi connectivity index (χ4v) is 0.794. The van der Waals surface area contributed by atoms with Gasteiger partial charge in [-0.3, -0.25) is 0 Å². The van der Waals surface area contributed by atoms with Gasteiger partial charge in [0.1, 0.15) is 5.97 Å². The Balaban J connectivity index is 0.000000265. The molecule has 0 aliphatic carbocycles. The molecule has 0 aromatic heterocycles. The van der Waals surface area contributed by atoms with Crippen LogP contribution in [0.5, 0.6) is 0 Å². The zero-order valence-electron chi connectivity index (χ0n) is 8.41. The Morgan fingerprint density at radius 2 is 1.93 bits per heavy atom. The van der Waals surface area contributed by atoms with Crippen LogP contribution in [0.15, 0.2) is 12.4 Å². The summed E-state index contributed by atoms with van der Waals surface area (Å²) in [5.74, 6) is -3.01. The molecule has 0 saturated carbocycles. The Hall–Kier alpha value is -1.40. The number of nitrogens with zero attached hydrogens (tertiary/aromatic N) is 2. The van der Waals surface area contributed by atoms with Gasteiger partial charge in [0.05, 0.1) is 6.67 Å². The Bertz CT molecular complexity index is 241. The van der Waals surface area contributed by atoms with E-state index >= 15 is 0 Å². The van der Waals surface area contributed by atoms with Crippen molar-refractivity contribution in [3.63, 3.8) is 0 Å². The summed E-state index contributed by atoms with van der Waals surface area (Å²) >= 11 is 0. The molecule has 0 atom stereocenters. The van der Waals surface area contributed by atoms with Crippen molar-refractivity contribution in [2.45, 2.75) is 13.1 Å². The summed E-state index contributed by atoms with van der Waals surface area (Å²) < 4.78 is 31.5. The van der Waals surface area contributed by atoms with Gasteiger partial charge in [-0.05, 0) is 6.92 Å². The summed E-state index contributed by atoms with van der Waals surface area (Å²) in [4.78, 5) is 13.2. The molecule has 0 aromatic rings. The first-order valence-electron chi connectivity index (χ1n) is 4.18. The largest absolute Gasteiger partial charge is 0.542 e. The molecule has 88 valence electrons. The van der Waals surface area contributed by atoms with Crippen molar-refractivity contribution in [1.82, 2.24) is 9.80 Å². The van der Waals surface area contributed by atoms with Crippen molar-refractivity contribution >= 4 is 5.97 Å². The molecule has 15 heavy (non-hydrogen) atoms. The normalized spacial score (nSPS) is 15.0. The zero-order chi connectivity index (χ0) is 12.1. The van der Waals surface area contributed by atoms with Crippen LogP contribution < -0.4 is 5.11 Å². The van der Waals surface area contributed by atoms with Crippen LogP contribution in [-0.4, -0.2) is 42.2 Å². The third kappa shape index (κ3) is 5.82. The summed E-state index contributed by atoms with van der Waals surface area (Å²) in [6, 6.07) is 0. The molecule has 0 aromatic carbocycles. The molecule has 0 amide bonds. The summed E-state index contributed by atoms with van der Waals surface area (Å²) in [5, 5.41) is 8.78. The topological polar surface area (TPSA) is 46.6 Å². The molecule has 1 rings (SSSR count). The molecule has 1 aliphatic heterocycles. The maximum atomic E-state index is 10.5. The molecule has 0 bridgehead atoms. The van der Waals surface area contributed by atoms with Gasteiger partial charge in [0.2, 0.25) is 0 Å². The van der Waals surface area contributed by atoms with E-state index in [1.807, 2.05) is 0 Å². The summed E-state index contributed by atoms with van der Waals surface area (Å²) in [6.45, 7) is 4.32. The van der Waals surface area contributed by atoms with Crippen LogP contribution in [0.3, 0.4) is 0 Å². The first-order valence-corrected chi connectivity index (χ1v) is 4.18. The van der Waals surface area contributed by atoms with Crippen molar-refractivity contribution in [1.29, 1.82) is 0 Å². The standard InChI is InChI=1S/C6H12N2.C2HF3O2/c1-3-8-5-4-7(2)6-8;3-2(4,5)1(6)7/h4-5H,3,6H2,1-2H3;(H,6,7)/p-1. The smallest absolute Gasteiger partial charge is 0.430 e. The third-order valence-electron chi connectivity index (χ3n) is 1.57. The number of hydrogen-bond donors (Lipinski definition) is 0. The van der Waals surface area contributed by atoms with Crippen molar-refractivity contribution in [2.24, 2.45) is 0 Å². The third-order valence-corrected chi connectivity index (χ3v) is 1.57. The van der Waals surface area contributed by atoms with Gasteiger partial charge in [0.15, 0.2) is 0 Å². The predicted molar refractivity (Wildman–Crippen MR) is 45.2 cm³/mol. The first-order chi connectivity index (χ1) is 6.77. The number of hydrogen-bond acceptors (Lipinski definition) is 4. The van der Waals surface area contributed by atoms with Gasteiger partial charge in [0, 0.05) is 26.0 Å². The van der Waals surface area contributed by atoms with Crippen LogP contribution in [0.25, 0.3) is 0 Å². The average Bonchev–Trinajstić information content (AvgIpc) is 2.50. The number of carbonyl (C=O) groups is 1. The number of carbonyl (C=O) groups excluding carboxylic acids is 1. The number of alkyl halides is 3. The molecule has 0 N–H and O–H groups in total. The highest BCUT2D eigenvalue weighted by Gasteiger charge is 2.28. The summed E-state index contributed by atoms with van der Waals surface area (Å²) in [5.41, 5.74) is 0. The van der Waals surface area contributed by atoms with Crippen LogP contribution in [0, 0.1) is 0 Å². The lowest BCUT2D eigenvalue weighted by Crippen LogP contribution is -2.37. The van der Waals surface area contributed by atoms with Crippen molar-refractivity contribution in [3.8, 4) is 0 Å². The van der Waals surface area contributed by atoms with E-state index in [1.165, 1.54) is 0 Å². The van der Waals surface area contributed by atoms with Gasteiger partial charge < -0.3 is 19.7 Å². The van der Waals surface area contributed by atoms with Gasteiger partial charge in [-0.15, -0.1) is 0 Å². The van der Waals surface area contributed by atoms with Gasteiger partial charge in [-0.2, -0.15) is 13.2 Å². The minimum atomic E-state index is -5.19. The fraction of sp³-hybridized carbons (Fsp3) is 0.625. The highest BCUT2D eigenvalue weighted by molar-refractivity contribution is 5.70. The van der Waals surface area contributed by atoms with Crippen LogP contribution in [0.1, 0.15) is 6.92 Å². The second kappa shape index (κ2) is 5.47. The van der Waals surface area contributed by atoms with Crippen LogP contribution in [0.4, 0.5) is 13.2 Å². The molecule has 0 radical (unpaired) electrons. The van der Waals surface area contributed by atoms with Gasteiger partial charge in [-0.1, -0.05) is 0 Å². The van der Waals surface area contributed by atoms with E-state index in [4.69, 9.17) is 9.90 Å². The number of carboxylic acids is 1. The van der Waals surface area contributed by atoms with E-state index in [9.17, 15) is 13.2 Å². The summed E-state index contributed by atoms with van der Waals surface area (Å²) in [6.07, 6.45) is -0.997. The second-order valence-electron chi connectivity index (χ2n) is 2.89. The Morgan fingerprint density at radius 3 is 2.07 bits per heavy atom. The number of rotatable bonds is 1. The molecule has 0 saturated heterocycles. The SMILES string of the molecule is CCN1C=CN(C)C1.O=C([O-])C(F)(F)F. The molecule has 0 spiro atoms. The van der Waals surface area contributed by atoms with E-state index in [0.29, 0.717) is 0 Å². The van der Waals surface area contributed by atoms with Gasteiger partial charge in [0.25, 0.3) is 0 Å². The predicted octanol–water partition coefficient (Wildman–Crippen LogP) is -0.0190. The van der Waals surface area contributed by atoms with Crippen LogP contribution in [-0.2, 0) is 4.79 Å². The van der Waals surface area contributed by atoms with E-state index < -0.39 is 12.1 Å². The van der Waals surface area contributed by atoms with Crippen LogP contribution in [0.2, 0.25) is 0 Å². The Kier molecular flexibility index (Phi) is 4.96. The van der Waals surface area contributed by atoms with Gasteiger partial charge >= 0.3 is 6.18 Å². The molecule has 1 aliphatic rings. The lowest BCUT2D eigenvalue weighted by molar-refractivity contribution is -0.344. The molecular formula is C8H12F3N2O2-. The van der Waals surface area contributed by atoms with E-state index in [0.717, 1.165) is 13.2 Å². The fourth-order valence-electron chi connectivity index (χ4n) is 0.794. The average molecular weight is 225 g/mol. The molecule has 0 fully saturated rings. The molecule has 1 heterocycles. The van der Waals surface area contributed by atoms with Crippen molar-refractivity contribution in [2.75, 3.05) is 20.3 Å². The van der Waals surface area contributed by atoms with Gasteiger partial charge in [-0.25, -0.2) is 0 Å². The lowest BCUT2D eigenvalue weighted by Gasteiger charge is -2.14. The molecule has 0 unspecified atom stereocenters. The molecule has 7 heteroatoms. The van der Waals surface area contributed by atoms with E-state index in [2.05, 4.69) is 36.2 Å². The minimum Gasteiger partial charge on any atom is -0.542 e. The maximum absolute atomic E-state index is 10.5. The number of carboxylic acid groups (broad SMARTS) is 1. The Morgan fingerprint density at radius 1 is 1.47 bits per heavy atom. The molecule has 4 nitrogen and oxygen atoms in total.